The topological polar surface area (TPSA) is 52.6 Å². The van der Waals surface area contributed by atoms with E-state index in [4.69, 9.17) is 0 Å². The molecule has 12 heavy (non-hydrogen) atoms. The summed E-state index contributed by atoms with van der Waals surface area (Å²) in [6.07, 6.45) is 0. The lowest BCUT2D eigenvalue weighted by Crippen LogP contribution is -2.00. The van der Waals surface area contributed by atoms with Crippen molar-refractivity contribution in [3.05, 3.63) is 12.3 Å². The molecule has 0 atom stereocenters. The maximum atomic E-state index is 9.97. The lowest BCUT2D eigenvalue weighted by molar-refractivity contribution is -0.138. The molecule has 0 heterocycles. The van der Waals surface area contributed by atoms with E-state index < -0.39 is 9.76 Å². The normalized spacial score (nSPS) is 8.25. The Hall–Kier alpha value is -1.10. The Morgan fingerprint density at radius 2 is 1.75 bits per heavy atom. The van der Waals surface area contributed by atoms with Crippen LogP contribution in [0, 0.1) is 0 Å². The van der Waals surface area contributed by atoms with E-state index in [0.29, 0.717) is 0 Å². The summed E-state index contributed by atoms with van der Waals surface area (Å²) in [7, 11) is 0.638. The fourth-order valence-electron chi connectivity index (χ4n) is 0.176. The third-order valence-electron chi connectivity index (χ3n) is 0.692. The summed E-state index contributed by atoms with van der Waals surface area (Å²) in [6.45, 7) is 6.18. The molecule has 4 nitrogen and oxygen atoms in total. The van der Waals surface area contributed by atoms with Gasteiger partial charge in [0.1, 0.15) is 0 Å². The van der Waals surface area contributed by atoms with Crippen molar-refractivity contribution in [3.63, 3.8) is 0 Å². The summed E-state index contributed by atoms with van der Waals surface area (Å²) in [5.41, 5.74) is 1.67. The monoisotopic (exact) mass is 190 g/mol. The second kappa shape index (κ2) is 9.90. The van der Waals surface area contributed by atoms with Crippen molar-refractivity contribution in [2.24, 2.45) is 0 Å². The number of rotatable bonds is 2. The number of hydrogen-bond acceptors (Lipinski definition) is 4. The van der Waals surface area contributed by atoms with Gasteiger partial charge in [-0.1, -0.05) is 5.70 Å². The van der Waals surface area contributed by atoms with Crippen LogP contribution < -0.4 is 0 Å². The molecular formula is C7H14O4Si. The van der Waals surface area contributed by atoms with Crippen molar-refractivity contribution in [1.82, 2.24) is 0 Å². The van der Waals surface area contributed by atoms with Gasteiger partial charge in [0.15, 0.2) is 0 Å². The number of esters is 1. The molecule has 0 aliphatic rings. The zero-order valence-corrected chi connectivity index (χ0v) is 9.04. The van der Waals surface area contributed by atoms with Crippen molar-refractivity contribution in [2.75, 3.05) is 7.11 Å². The molecule has 0 saturated heterocycles. The first kappa shape index (κ1) is 13.5. The quantitative estimate of drug-likeness (QED) is 0.453. The van der Waals surface area contributed by atoms with Crippen LogP contribution in [0.2, 0.25) is 0 Å². The van der Waals surface area contributed by atoms with Crippen LogP contribution in [0.4, 0.5) is 0 Å². The highest BCUT2D eigenvalue weighted by Gasteiger charge is 1.84. The Kier molecular flexibility index (Phi) is 11.1. The van der Waals surface area contributed by atoms with E-state index in [1.54, 1.807) is 5.70 Å². The maximum absolute atomic E-state index is 9.97. The first-order chi connectivity index (χ1) is 5.54. The van der Waals surface area contributed by atoms with Crippen LogP contribution in [-0.2, 0) is 18.8 Å². The maximum Gasteiger partial charge on any atom is 0.302 e. The Labute approximate surface area is 74.5 Å². The van der Waals surface area contributed by atoms with Crippen LogP contribution >= 0.6 is 0 Å². The molecular weight excluding hydrogens is 176 g/mol. The minimum Gasteiger partial charge on any atom is -0.521 e. The van der Waals surface area contributed by atoms with Crippen molar-refractivity contribution >= 4 is 21.7 Å². The Morgan fingerprint density at radius 1 is 1.33 bits per heavy atom. The molecule has 0 aliphatic heterocycles. The van der Waals surface area contributed by atoms with Gasteiger partial charge in [-0.05, 0) is 0 Å². The third kappa shape index (κ3) is 23.1. The second-order valence-electron chi connectivity index (χ2n) is 1.79. The van der Waals surface area contributed by atoms with Gasteiger partial charge in [-0.3, -0.25) is 9.59 Å². The molecule has 0 amide bonds. The summed E-state index contributed by atoms with van der Waals surface area (Å²) in [5, 5.41) is 0. The van der Waals surface area contributed by atoms with E-state index >= 15 is 0 Å². The molecule has 70 valence electrons. The molecule has 0 rings (SSSR count). The van der Waals surface area contributed by atoms with Gasteiger partial charge in [-0.25, -0.2) is 0 Å². The number of hydrogen-bond donors (Lipinski definition) is 0. The molecule has 0 radical (unpaired) electrons. The molecule has 5 heteroatoms. The van der Waals surface area contributed by atoms with E-state index in [-0.39, 0.29) is 11.9 Å². The average molecular weight is 190 g/mol. The lowest BCUT2D eigenvalue weighted by atomic mass is 10.8. The summed E-state index contributed by atoms with van der Waals surface area (Å²) in [6, 6.07) is 0. The van der Waals surface area contributed by atoms with Crippen LogP contribution in [0.3, 0.4) is 0 Å². The largest absolute Gasteiger partial charge is 0.521 e. The van der Waals surface area contributed by atoms with Crippen LogP contribution in [-0.4, -0.2) is 28.8 Å². The van der Waals surface area contributed by atoms with E-state index in [2.05, 4.69) is 15.7 Å². The molecule has 0 N–H and O–H groups in total. The van der Waals surface area contributed by atoms with E-state index in [1.807, 2.05) is 0 Å². The Morgan fingerprint density at radius 3 is 1.83 bits per heavy atom. The molecule has 0 aromatic rings. The number of carbonyl (C=O) groups is 2. The Balaban J connectivity index is 0. The number of ether oxygens (including phenoxy) is 1. The number of methoxy groups -OCH3 is 1. The smallest absolute Gasteiger partial charge is 0.302 e. The SMILES string of the molecule is C=C[SiH2]OC(C)=O.COC(C)=O. The Bertz CT molecular complexity index is 155. The van der Waals surface area contributed by atoms with Crippen LogP contribution in [0.1, 0.15) is 13.8 Å². The standard InChI is InChI=1S/C4H8O2Si.C3H6O2/c1-3-7-6-4(2)5;1-3(4)5-2/h3H,1,7H2,2H3;1-2H3. The molecule has 0 aromatic carbocycles. The molecule has 0 aliphatic carbocycles. The van der Waals surface area contributed by atoms with E-state index in [9.17, 15) is 9.59 Å². The minimum absolute atomic E-state index is 0.202. The lowest BCUT2D eigenvalue weighted by Gasteiger charge is -1.91. The minimum atomic E-state index is -0.711. The first-order valence-corrected chi connectivity index (χ1v) is 4.72. The summed E-state index contributed by atoms with van der Waals surface area (Å²) in [4.78, 5) is 19.6. The van der Waals surface area contributed by atoms with Gasteiger partial charge < -0.3 is 9.16 Å². The van der Waals surface area contributed by atoms with Gasteiger partial charge in [0.05, 0.1) is 7.11 Å². The van der Waals surface area contributed by atoms with Crippen LogP contribution in [0.5, 0.6) is 0 Å². The summed E-state index contributed by atoms with van der Waals surface area (Å²) in [5.74, 6) is -0.448. The second-order valence-corrected chi connectivity index (χ2v) is 2.99. The zero-order chi connectivity index (χ0) is 9.98. The molecule has 0 fully saturated rings. The van der Waals surface area contributed by atoms with Crippen LogP contribution in [0.15, 0.2) is 12.3 Å². The zero-order valence-electron chi connectivity index (χ0n) is 7.62. The van der Waals surface area contributed by atoms with Gasteiger partial charge >= 0.3 is 5.97 Å². The molecule has 0 unspecified atom stereocenters. The van der Waals surface area contributed by atoms with E-state index in [0.717, 1.165) is 0 Å². The van der Waals surface area contributed by atoms with Gasteiger partial charge in [0, 0.05) is 13.8 Å². The number of carbonyl (C=O) groups excluding carboxylic acids is 2. The van der Waals surface area contributed by atoms with Crippen LogP contribution in [0.25, 0.3) is 0 Å². The third-order valence-corrected chi connectivity index (χ3v) is 1.50. The molecule has 0 aromatic heterocycles. The van der Waals surface area contributed by atoms with Gasteiger partial charge in [0.2, 0.25) is 9.76 Å². The fourth-order valence-corrected chi connectivity index (χ4v) is 0.529. The van der Waals surface area contributed by atoms with Gasteiger partial charge in [-0.2, -0.15) is 0 Å². The predicted octanol–water partition coefficient (Wildman–Crippen LogP) is -0.0439. The highest BCUT2D eigenvalue weighted by atomic mass is 28.2. The molecule has 0 spiro atoms. The van der Waals surface area contributed by atoms with Gasteiger partial charge in [-0.15, -0.1) is 6.58 Å². The molecule has 0 saturated carbocycles. The van der Waals surface area contributed by atoms with Crippen molar-refractivity contribution in [1.29, 1.82) is 0 Å². The predicted molar refractivity (Wildman–Crippen MR) is 48.2 cm³/mol. The van der Waals surface area contributed by atoms with E-state index in [1.165, 1.54) is 21.0 Å². The summed E-state index contributed by atoms with van der Waals surface area (Å²) >= 11 is 0. The van der Waals surface area contributed by atoms with Crippen molar-refractivity contribution in [2.45, 2.75) is 13.8 Å². The van der Waals surface area contributed by atoms with Crippen molar-refractivity contribution < 1.29 is 18.8 Å². The molecule has 0 bridgehead atoms. The summed E-state index contributed by atoms with van der Waals surface area (Å²) < 4.78 is 8.68. The van der Waals surface area contributed by atoms with Gasteiger partial charge in [0.25, 0.3) is 5.97 Å². The first-order valence-electron chi connectivity index (χ1n) is 3.33. The van der Waals surface area contributed by atoms with Crippen molar-refractivity contribution in [3.8, 4) is 0 Å². The highest BCUT2D eigenvalue weighted by molar-refractivity contribution is 6.36. The fraction of sp³-hybridized carbons (Fsp3) is 0.429. The average Bonchev–Trinajstić information content (AvgIpc) is 2.02. The highest BCUT2D eigenvalue weighted by Crippen LogP contribution is 1.69.